The molecule has 2 rings (SSSR count). The topological polar surface area (TPSA) is 34.0 Å². The van der Waals surface area contributed by atoms with Crippen molar-refractivity contribution in [1.82, 2.24) is 9.88 Å². The van der Waals surface area contributed by atoms with E-state index in [9.17, 15) is 4.79 Å². The van der Waals surface area contributed by atoms with E-state index in [1.54, 1.807) is 0 Å². The van der Waals surface area contributed by atoms with Crippen molar-refractivity contribution >= 4 is 5.91 Å². The molecular weight excluding hydrogens is 236 g/mol. The molecule has 0 unspecified atom stereocenters. The summed E-state index contributed by atoms with van der Waals surface area (Å²) in [5.74, 6) is -0.0195. The van der Waals surface area contributed by atoms with Crippen LogP contribution < -0.4 is 5.32 Å². The third-order valence-electron chi connectivity index (χ3n) is 2.81. The standard InChI is InChI=1S/C16H20N2O/c1-16(2,3)12-17-15(19)13-6-8-14(9-7-13)18-10-4-5-11-18/h4-11H,12H2,1-3H3,(H,17,19). The molecule has 1 aromatic carbocycles. The Morgan fingerprint density at radius 1 is 1.11 bits per heavy atom. The van der Waals surface area contributed by atoms with Gasteiger partial charge in [-0.25, -0.2) is 0 Å². The zero-order chi connectivity index (χ0) is 13.9. The van der Waals surface area contributed by atoms with Crippen LogP contribution in [-0.2, 0) is 0 Å². The third kappa shape index (κ3) is 3.71. The molecule has 0 aliphatic rings. The average molecular weight is 256 g/mol. The number of aromatic nitrogens is 1. The number of amides is 1. The van der Waals surface area contributed by atoms with Gasteiger partial charge >= 0.3 is 0 Å². The lowest BCUT2D eigenvalue weighted by Crippen LogP contribution is -2.32. The fraction of sp³-hybridized carbons (Fsp3) is 0.312. The molecule has 1 N–H and O–H groups in total. The number of nitrogens with zero attached hydrogens (tertiary/aromatic N) is 1. The molecule has 100 valence electrons. The summed E-state index contributed by atoms with van der Waals surface area (Å²) in [6.07, 6.45) is 3.96. The van der Waals surface area contributed by atoms with Crippen molar-refractivity contribution in [3.63, 3.8) is 0 Å². The Morgan fingerprint density at radius 2 is 1.68 bits per heavy atom. The number of carbonyl (C=O) groups excluding carboxylic acids is 1. The lowest BCUT2D eigenvalue weighted by molar-refractivity contribution is 0.0939. The number of nitrogens with one attached hydrogen (secondary N) is 1. The summed E-state index contributed by atoms with van der Waals surface area (Å²) in [6.45, 7) is 6.97. The van der Waals surface area contributed by atoms with Gasteiger partial charge in [-0.1, -0.05) is 20.8 Å². The summed E-state index contributed by atoms with van der Waals surface area (Å²) in [4.78, 5) is 12.0. The highest BCUT2D eigenvalue weighted by atomic mass is 16.1. The summed E-state index contributed by atoms with van der Waals surface area (Å²) < 4.78 is 2.01. The summed E-state index contributed by atoms with van der Waals surface area (Å²) in [5, 5.41) is 2.95. The van der Waals surface area contributed by atoms with Crippen LogP contribution in [0.5, 0.6) is 0 Å². The van der Waals surface area contributed by atoms with E-state index in [4.69, 9.17) is 0 Å². The average Bonchev–Trinajstić information content (AvgIpc) is 2.89. The van der Waals surface area contributed by atoms with Crippen LogP contribution in [0, 0.1) is 5.41 Å². The second kappa shape index (κ2) is 5.31. The first-order valence-electron chi connectivity index (χ1n) is 6.47. The van der Waals surface area contributed by atoms with E-state index in [1.165, 1.54) is 0 Å². The van der Waals surface area contributed by atoms with Crippen molar-refractivity contribution in [1.29, 1.82) is 0 Å². The Balaban J connectivity index is 2.04. The molecule has 3 heteroatoms. The van der Waals surface area contributed by atoms with E-state index in [-0.39, 0.29) is 11.3 Å². The van der Waals surface area contributed by atoms with Gasteiger partial charge in [-0.15, -0.1) is 0 Å². The molecule has 1 heterocycles. The SMILES string of the molecule is CC(C)(C)CNC(=O)c1ccc(-n2cccc2)cc1. The van der Waals surface area contributed by atoms with E-state index in [2.05, 4.69) is 26.1 Å². The van der Waals surface area contributed by atoms with Crippen LogP contribution in [0.2, 0.25) is 0 Å². The summed E-state index contributed by atoms with van der Waals surface area (Å²) >= 11 is 0. The lowest BCUT2D eigenvalue weighted by atomic mass is 9.97. The van der Waals surface area contributed by atoms with Crippen LogP contribution in [0.1, 0.15) is 31.1 Å². The van der Waals surface area contributed by atoms with Crippen molar-refractivity contribution in [2.24, 2.45) is 5.41 Å². The van der Waals surface area contributed by atoms with Crippen molar-refractivity contribution < 1.29 is 4.79 Å². The fourth-order valence-electron chi connectivity index (χ4n) is 1.74. The summed E-state index contributed by atoms with van der Waals surface area (Å²) in [6, 6.07) is 11.6. The molecule has 1 aromatic heterocycles. The van der Waals surface area contributed by atoms with Gasteiger partial charge in [0.05, 0.1) is 0 Å². The molecule has 0 aliphatic heterocycles. The molecule has 0 radical (unpaired) electrons. The molecular formula is C16H20N2O. The largest absolute Gasteiger partial charge is 0.352 e. The molecule has 0 spiro atoms. The molecule has 19 heavy (non-hydrogen) atoms. The first-order valence-corrected chi connectivity index (χ1v) is 6.47. The van der Waals surface area contributed by atoms with Gasteiger partial charge < -0.3 is 9.88 Å². The normalized spacial score (nSPS) is 11.3. The summed E-state index contributed by atoms with van der Waals surface area (Å²) in [5.41, 5.74) is 1.85. The maximum Gasteiger partial charge on any atom is 0.251 e. The minimum atomic E-state index is -0.0195. The van der Waals surface area contributed by atoms with Crippen LogP contribution in [0.3, 0.4) is 0 Å². The lowest BCUT2D eigenvalue weighted by Gasteiger charge is -2.18. The Morgan fingerprint density at radius 3 is 2.21 bits per heavy atom. The van der Waals surface area contributed by atoms with Gasteiger partial charge in [-0.2, -0.15) is 0 Å². The van der Waals surface area contributed by atoms with Crippen LogP contribution in [0.15, 0.2) is 48.8 Å². The van der Waals surface area contributed by atoms with E-state index < -0.39 is 0 Å². The quantitative estimate of drug-likeness (QED) is 0.898. The smallest absolute Gasteiger partial charge is 0.251 e. The second-order valence-electron chi connectivity index (χ2n) is 5.88. The molecule has 3 nitrogen and oxygen atoms in total. The van der Waals surface area contributed by atoms with Crippen molar-refractivity contribution in [3.05, 3.63) is 54.4 Å². The predicted octanol–water partition coefficient (Wildman–Crippen LogP) is 3.25. The molecule has 0 fully saturated rings. The molecule has 2 aromatic rings. The monoisotopic (exact) mass is 256 g/mol. The number of hydrogen-bond donors (Lipinski definition) is 1. The second-order valence-corrected chi connectivity index (χ2v) is 5.88. The maximum absolute atomic E-state index is 12.0. The number of rotatable bonds is 3. The van der Waals surface area contributed by atoms with Crippen molar-refractivity contribution in [2.75, 3.05) is 6.54 Å². The van der Waals surface area contributed by atoms with Crippen molar-refractivity contribution in [2.45, 2.75) is 20.8 Å². The first-order chi connectivity index (χ1) is 8.96. The van der Waals surface area contributed by atoms with Crippen molar-refractivity contribution in [3.8, 4) is 5.69 Å². The molecule has 1 amide bonds. The van der Waals surface area contributed by atoms with Crippen LogP contribution in [0.4, 0.5) is 0 Å². The fourth-order valence-corrected chi connectivity index (χ4v) is 1.74. The van der Waals surface area contributed by atoms with Gasteiger partial charge in [0.15, 0.2) is 0 Å². The highest BCUT2D eigenvalue weighted by Gasteiger charge is 2.12. The Hall–Kier alpha value is -2.03. The first kappa shape index (κ1) is 13.4. The Labute approximate surface area is 114 Å². The number of hydrogen-bond acceptors (Lipinski definition) is 1. The summed E-state index contributed by atoms with van der Waals surface area (Å²) in [7, 11) is 0. The van der Waals surface area contributed by atoms with E-state index in [0.717, 1.165) is 5.69 Å². The minimum Gasteiger partial charge on any atom is -0.352 e. The number of carbonyl (C=O) groups is 1. The molecule has 0 saturated heterocycles. The van der Waals surface area contributed by atoms with E-state index in [0.29, 0.717) is 12.1 Å². The molecule has 0 bridgehead atoms. The molecule has 0 aliphatic carbocycles. The van der Waals surface area contributed by atoms with Crippen LogP contribution >= 0.6 is 0 Å². The minimum absolute atomic E-state index is 0.0195. The maximum atomic E-state index is 12.0. The van der Waals surface area contributed by atoms with Crippen LogP contribution in [0.25, 0.3) is 5.69 Å². The van der Waals surface area contributed by atoms with Gasteiger partial charge in [0.1, 0.15) is 0 Å². The Bertz CT molecular complexity index is 533. The third-order valence-corrected chi connectivity index (χ3v) is 2.81. The predicted molar refractivity (Wildman–Crippen MR) is 77.6 cm³/mol. The van der Waals surface area contributed by atoms with E-state index >= 15 is 0 Å². The zero-order valence-corrected chi connectivity index (χ0v) is 11.7. The van der Waals surface area contributed by atoms with Gasteiger partial charge in [0.25, 0.3) is 5.91 Å². The number of benzene rings is 1. The van der Waals surface area contributed by atoms with Gasteiger partial charge in [0.2, 0.25) is 0 Å². The zero-order valence-electron chi connectivity index (χ0n) is 11.7. The Kier molecular flexibility index (Phi) is 3.74. The molecule has 0 saturated carbocycles. The highest BCUT2D eigenvalue weighted by Crippen LogP contribution is 2.12. The van der Waals surface area contributed by atoms with E-state index in [1.807, 2.05) is 53.4 Å². The highest BCUT2D eigenvalue weighted by molar-refractivity contribution is 5.94. The van der Waals surface area contributed by atoms with Gasteiger partial charge in [-0.05, 0) is 41.8 Å². The molecule has 0 atom stereocenters. The van der Waals surface area contributed by atoms with Gasteiger partial charge in [-0.3, -0.25) is 4.79 Å². The van der Waals surface area contributed by atoms with Crippen LogP contribution in [-0.4, -0.2) is 17.0 Å². The van der Waals surface area contributed by atoms with Gasteiger partial charge in [0, 0.05) is 30.2 Å².